The molecule has 0 spiro atoms. The number of halogens is 1. The minimum absolute atomic E-state index is 0.127. The first-order valence-electron chi connectivity index (χ1n) is 10.2. The number of hydrogen-bond donors (Lipinski definition) is 2. The van der Waals surface area contributed by atoms with Crippen molar-refractivity contribution in [1.82, 2.24) is 10.2 Å². The van der Waals surface area contributed by atoms with Gasteiger partial charge in [-0.3, -0.25) is 9.69 Å². The Kier molecular flexibility index (Phi) is 6.32. The van der Waals surface area contributed by atoms with Crippen LogP contribution in [-0.2, 0) is 19.1 Å². The van der Waals surface area contributed by atoms with Crippen molar-refractivity contribution in [2.75, 3.05) is 25.1 Å². The monoisotopic (exact) mass is 469 g/mol. The lowest BCUT2D eigenvalue weighted by atomic mass is 9.96. The smallest absolute Gasteiger partial charge is 0.340 e. The number of carbonyl (C=O) groups is 4. The maximum Gasteiger partial charge on any atom is 0.340 e. The lowest BCUT2D eigenvalue weighted by Crippen LogP contribution is -2.49. The zero-order valence-corrected chi connectivity index (χ0v) is 18.3. The number of anilines is 1. The minimum Gasteiger partial charge on any atom is -0.462 e. The van der Waals surface area contributed by atoms with Gasteiger partial charge in [0.05, 0.1) is 35.2 Å². The normalized spacial score (nSPS) is 17.3. The SMILES string of the molecule is CCOC(=O)c1ccccc1NC(=O)CN1C(=O)NC(c2ccc(Cl)cc2)C2=C1COC2=O. The summed E-state index contributed by atoms with van der Waals surface area (Å²) in [6.45, 7) is 1.36. The lowest BCUT2D eigenvalue weighted by molar-refractivity contribution is -0.136. The fraction of sp³-hybridized carbons (Fsp3) is 0.217. The maximum absolute atomic E-state index is 12.9. The van der Waals surface area contributed by atoms with Crippen molar-refractivity contribution in [1.29, 1.82) is 0 Å². The van der Waals surface area contributed by atoms with E-state index in [4.69, 9.17) is 21.1 Å². The Morgan fingerprint density at radius 3 is 2.64 bits per heavy atom. The molecule has 4 rings (SSSR count). The molecule has 0 radical (unpaired) electrons. The number of nitrogens with one attached hydrogen (secondary N) is 2. The fourth-order valence-corrected chi connectivity index (χ4v) is 3.82. The Bertz CT molecular complexity index is 1160. The van der Waals surface area contributed by atoms with Crippen LogP contribution in [0.25, 0.3) is 0 Å². The van der Waals surface area contributed by atoms with Crippen LogP contribution in [0, 0.1) is 0 Å². The number of esters is 2. The molecule has 0 saturated heterocycles. The second-order valence-corrected chi connectivity index (χ2v) is 7.71. The average molecular weight is 470 g/mol. The molecule has 170 valence electrons. The van der Waals surface area contributed by atoms with Gasteiger partial charge in [0.2, 0.25) is 5.91 Å². The van der Waals surface area contributed by atoms with Crippen molar-refractivity contribution in [3.8, 4) is 0 Å². The van der Waals surface area contributed by atoms with Gasteiger partial charge in [-0.15, -0.1) is 0 Å². The van der Waals surface area contributed by atoms with Gasteiger partial charge in [-0.05, 0) is 36.8 Å². The Morgan fingerprint density at radius 2 is 1.91 bits per heavy atom. The number of amides is 3. The van der Waals surface area contributed by atoms with Crippen LogP contribution < -0.4 is 10.6 Å². The molecule has 2 heterocycles. The van der Waals surface area contributed by atoms with Crippen LogP contribution in [0.4, 0.5) is 10.5 Å². The predicted molar refractivity (Wildman–Crippen MR) is 118 cm³/mol. The first kappa shape index (κ1) is 22.3. The maximum atomic E-state index is 12.9. The van der Waals surface area contributed by atoms with Gasteiger partial charge in [0.1, 0.15) is 13.2 Å². The van der Waals surface area contributed by atoms with Crippen LogP contribution in [0.1, 0.15) is 28.9 Å². The molecular formula is C23H20ClN3O6. The van der Waals surface area contributed by atoms with Crippen molar-refractivity contribution in [3.05, 3.63) is 76.0 Å². The quantitative estimate of drug-likeness (QED) is 0.628. The standard InChI is InChI=1S/C23H20ClN3O6/c1-2-32-21(29)15-5-3-4-6-16(15)25-18(28)11-27-17-12-33-22(30)19(17)20(26-23(27)31)13-7-9-14(24)10-8-13/h3-10,20H,2,11-12H2,1H3,(H,25,28)(H,26,31). The van der Waals surface area contributed by atoms with Crippen molar-refractivity contribution in [2.45, 2.75) is 13.0 Å². The van der Waals surface area contributed by atoms with E-state index >= 15 is 0 Å². The number of ether oxygens (including phenoxy) is 2. The number of nitrogens with zero attached hydrogens (tertiary/aromatic N) is 1. The van der Waals surface area contributed by atoms with E-state index < -0.39 is 29.9 Å². The summed E-state index contributed by atoms with van der Waals surface area (Å²) in [7, 11) is 0. The summed E-state index contributed by atoms with van der Waals surface area (Å²) in [6.07, 6.45) is 0. The molecule has 9 nitrogen and oxygen atoms in total. The molecule has 1 atom stereocenters. The van der Waals surface area contributed by atoms with Crippen molar-refractivity contribution >= 4 is 41.2 Å². The molecule has 0 saturated carbocycles. The van der Waals surface area contributed by atoms with Gasteiger partial charge in [-0.2, -0.15) is 0 Å². The molecule has 10 heteroatoms. The second kappa shape index (κ2) is 9.33. The van der Waals surface area contributed by atoms with Crippen LogP contribution in [-0.4, -0.2) is 48.5 Å². The first-order chi connectivity index (χ1) is 15.9. The highest BCUT2D eigenvalue weighted by Gasteiger charge is 2.42. The highest BCUT2D eigenvalue weighted by Crippen LogP contribution is 2.35. The molecule has 2 N–H and O–H groups in total. The third kappa shape index (κ3) is 4.54. The number of rotatable bonds is 6. The Balaban J connectivity index is 1.57. The number of carbonyl (C=O) groups excluding carboxylic acids is 4. The molecule has 0 aromatic heterocycles. The highest BCUT2D eigenvalue weighted by atomic mass is 35.5. The number of cyclic esters (lactones) is 1. The summed E-state index contributed by atoms with van der Waals surface area (Å²) in [4.78, 5) is 51.4. The summed E-state index contributed by atoms with van der Waals surface area (Å²) in [5.41, 5.74) is 1.68. The van der Waals surface area contributed by atoms with Crippen molar-refractivity contribution < 1.29 is 28.7 Å². The zero-order valence-electron chi connectivity index (χ0n) is 17.6. The number of urea groups is 1. The van der Waals surface area contributed by atoms with E-state index in [0.717, 1.165) is 4.90 Å². The summed E-state index contributed by atoms with van der Waals surface area (Å²) in [6, 6.07) is 11.9. The summed E-state index contributed by atoms with van der Waals surface area (Å²) in [5, 5.41) is 5.90. The van der Waals surface area contributed by atoms with Gasteiger partial charge in [-0.1, -0.05) is 35.9 Å². The Labute approximate surface area is 194 Å². The highest BCUT2D eigenvalue weighted by molar-refractivity contribution is 6.30. The van der Waals surface area contributed by atoms with Gasteiger partial charge < -0.3 is 20.1 Å². The van der Waals surface area contributed by atoms with E-state index in [1.165, 1.54) is 6.07 Å². The van der Waals surface area contributed by atoms with Crippen LogP contribution >= 0.6 is 11.6 Å². The Morgan fingerprint density at radius 1 is 1.18 bits per heavy atom. The lowest BCUT2D eigenvalue weighted by Gasteiger charge is -2.32. The molecule has 2 aliphatic heterocycles. The zero-order chi connectivity index (χ0) is 23.5. The van der Waals surface area contributed by atoms with E-state index in [2.05, 4.69) is 10.6 Å². The molecule has 3 amide bonds. The van der Waals surface area contributed by atoms with Gasteiger partial charge in [0.25, 0.3) is 0 Å². The topological polar surface area (TPSA) is 114 Å². The third-order valence-corrected chi connectivity index (χ3v) is 5.45. The summed E-state index contributed by atoms with van der Waals surface area (Å²) >= 11 is 5.94. The minimum atomic E-state index is -0.719. The van der Waals surface area contributed by atoms with Crippen LogP contribution in [0.5, 0.6) is 0 Å². The molecule has 1 unspecified atom stereocenters. The van der Waals surface area contributed by atoms with Crippen LogP contribution in [0.3, 0.4) is 0 Å². The molecule has 2 aromatic carbocycles. The molecule has 2 aliphatic rings. The van der Waals surface area contributed by atoms with Gasteiger partial charge in [0.15, 0.2) is 0 Å². The molecule has 2 aromatic rings. The van der Waals surface area contributed by atoms with Crippen LogP contribution in [0.15, 0.2) is 59.8 Å². The number of benzene rings is 2. The van der Waals surface area contributed by atoms with Crippen LogP contribution in [0.2, 0.25) is 5.02 Å². The largest absolute Gasteiger partial charge is 0.462 e. The van der Waals surface area contributed by atoms with E-state index in [1.54, 1.807) is 49.4 Å². The van der Waals surface area contributed by atoms with Crippen molar-refractivity contribution in [2.24, 2.45) is 0 Å². The third-order valence-electron chi connectivity index (χ3n) is 5.20. The summed E-state index contributed by atoms with van der Waals surface area (Å²) < 4.78 is 10.2. The van der Waals surface area contributed by atoms with E-state index in [-0.39, 0.29) is 36.6 Å². The first-order valence-corrected chi connectivity index (χ1v) is 10.6. The van der Waals surface area contributed by atoms with Gasteiger partial charge in [0, 0.05) is 5.02 Å². The fourth-order valence-electron chi connectivity index (χ4n) is 3.70. The average Bonchev–Trinajstić information content (AvgIpc) is 3.18. The van der Waals surface area contributed by atoms with Gasteiger partial charge in [-0.25, -0.2) is 14.4 Å². The number of hydrogen-bond acceptors (Lipinski definition) is 6. The molecule has 33 heavy (non-hydrogen) atoms. The molecule has 0 bridgehead atoms. The van der Waals surface area contributed by atoms with E-state index in [0.29, 0.717) is 16.3 Å². The Hall–Kier alpha value is -3.85. The van der Waals surface area contributed by atoms with E-state index in [9.17, 15) is 19.2 Å². The predicted octanol–water partition coefficient (Wildman–Crippen LogP) is 3.03. The molecule has 0 fully saturated rings. The molecule has 0 aliphatic carbocycles. The second-order valence-electron chi connectivity index (χ2n) is 7.27. The number of para-hydroxylation sites is 1. The van der Waals surface area contributed by atoms with Gasteiger partial charge >= 0.3 is 18.0 Å². The van der Waals surface area contributed by atoms with E-state index in [1.807, 2.05) is 0 Å². The van der Waals surface area contributed by atoms with Crippen molar-refractivity contribution in [3.63, 3.8) is 0 Å². The summed E-state index contributed by atoms with van der Waals surface area (Å²) in [5.74, 6) is -1.70. The molecular weight excluding hydrogens is 450 g/mol.